The van der Waals surface area contributed by atoms with Crippen molar-refractivity contribution in [3.05, 3.63) is 80.3 Å². The lowest BCUT2D eigenvalue weighted by atomic mass is 10.1. The maximum absolute atomic E-state index is 12.9. The van der Waals surface area contributed by atoms with Crippen LogP contribution in [0.15, 0.2) is 62.3 Å². The number of carbonyl (C=O) groups excluding carboxylic acids is 1. The predicted molar refractivity (Wildman–Crippen MR) is 107 cm³/mol. The van der Waals surface area contributed by atoms with E-state index in [1.165, 1.54) is 6.07 Å². The minimum Gasteiger partial charge on any atom is -0.423 e. The average molecular weight is 415 g/mol. The fraction of sp³-hybridized carbons (Fsp3) is 0.0500. The lowest BCUT2D eigenvalue weighted by Gasteiger charge is -2.08. The average Bonchev–Trinajstić information content (AvgIpc) is 3.03. The highest BCUT2D eigenvalue weighted by atomic mass is 35.5. The summed E-state index contributed by atoms with van der Waals surface area (Å²) in [4.78, 5) is 24.2. The van der Waals surface area contributed by atoms with Crippen LogP contribution < -0.4 is 10.9 Å². The van der Waals surface area contributed by atoms with Gasteiger partial charge in [0, 0.05) is 22.7 Å². The van der Waals surface area contributed by atoms with E-state index >= 15 is 0 Å². The van der Waals surface area contributed by atoms with Crippen LogP contribution in [0.1, 0.15) is 16.1 Å². The van der Waals surface area contributed by atoms with Crippen molar-refractivity contribution in [3.8, 4) is 11.3 Å². The fourth-order valence-corrected chi connectivity index (χ4v) is 3.45. The number of fused-ring (bicyclic) bond motifs is 1. The standard InChI is InChI=1S/C20H12Cl2N2O4/c1-10-17(19(24-28-10)18-13(21)3-2-4-14(18)22)20(26)23-12-6-7-15-11(9-12)5-8-16(25)27-15/h2-9H,1H3,(H,23,26). The molecular weight excluding hydrogens is 403 g/mol. The second-order valence-electron chi connectivity index (χ2n) is 6.02. The van der Waals surface area contributed by atoms with Gasteiger partial charge >= 0.3 is 5.63 Å². The Morgan fingerprint density at radius 2 is 1.82 bits per heavy atom. The number of aromatic nitrogens is 1. The molecule has 8 heteroatoms. The molecule has 0 atom stereocenters. The second kappa shape index (κ2) is 7.14. The Hall–Kier alpha value is -3.09. The molecule has 4 aromatic rings. The summed E-state index contributed by atoms with van der Waals surface area (Å²) in [6.45, 7) is 1.63. The Morgan fingerprint density at radius 3 is 2.57 bits per heavy atom. The van der Waals surface area contributed by atoms with Crippen molar-refractivity contribution in [1.82, 2.24) is 5.16 Å². The Kier molecular flexibility index (Phi) is 4.66. The van der Waals surface area contributed by atoms with Crippen LogP contribution in [0.2, 0.25) is 10.0 Å². The minimum atomic E-state index is -0.439. The third-order valence-corrected chi connectivity index (χ3v) is 4.80. The maximum Gasteiger partial charge on any atom is 0.336 e. The lowest BCUT2D eigenvalue weighted by molar-refractivity contribution is 0.102. The van der Waals surface area contributed by atoms with Gasteiger partial charge in [-0.3, -0.25) is 4.79 Å². The topological polar surface area (TPSA) is 85.3 Å². The molecule has 0 bridgehead atoms. The molecule has 0 aliphatic carbocycles. The molecule has 0 spiro atoms. The van der Waals surface area contributed by atoms with Gasteiger partial charge in [-0.2, -0.15) is 0 Å². The van der Waals surface area contributed by atoms with Gasteiger partial charge in [-0.05, 0) is 43.3 Å². The number of aryl methyl sites for hydroxylation is 1. The Morgan fingerprint density at radius 1 is 1.07 bits per heavy atom. The van der Waals surface area contributed by atoms with Gasteiger partial charge in [-0.15, -0.1) is 0 Å². The number of hydrogen-bond acceptors (Lipinski definition) is 5. The summed E-state index contributed by atoms with van der Waals surface area (Å²) in [5.41, 5.74) is 1.42. The summed E-state index contributed by atoms with van der Waals surface area (Å²) in [7, 11) is 0. The van der Waals surface area contributed by atoms with E-state index in [0.717, 1.165) is 0 Å². The smallest absolute Gasteiger partial charge is 0.336 e. The third-order valence-electron chi connectivity index (χ3n) is 4.17. The number of halogens is 2. The zero-order valence-corrected chi connectivity index (χ0v) is 16.0. The van der Waals surface area contributed by atoms with Crippen molar-refractivity contribution in [2.75, 3.05) is 5.32 Å². The Labute approximate surface area is 168 Å². The van der Waals surface area contributed by atoms with Crippen LogP contribution in [0, 0.1) is 6.92 Å². The number of anilines is 1. The van der Waals surface area contributed by atoms with E-state index in [2.05, 4.69) is 10.5 Å². The van der Waals surface area contributed by atoms with Crippen molar-refractivity contribution in [2.24, 2.45) is 0 Å². The number of nitrogens with zero attached hydrogens (tertiary/aromatic N) is 1. The van der Waals surface area contributed by atoms with Crippen LogP contribution >= 0.6 is 23.2 Å². The molecule has 140 valence electrons. The number of nitrogens with one attached hydrogen (secondary N) is 1. The Bertz CT molecular complexity index is 1260. The summed E-state index contributed by atoms with van der Waals surface area (Å²) in [5, 5.41) is 8.16. The summed E-state index contributed by atoms with van der Waals surface area (Å²) >= 11 is 12.5. The highest BCUT2D eigenvalue weighted by molar-refractivity contribution is 6.39. The molecule has 0 radical (unpaired) electrons. The highest BCUT2D eigenvalue weighted by Crippen LogP contribution is 2.37. The molecule has 0 aliphatic rings. The van der Waals surface area contributed by atoms with Gasteiger partial charge < -0.3 is 14.3 Å². The van der Waals surface area contributed by atoms with Crippen LogP contribution in [0.25, 0.3) is 22.2 Å². The third kappa shape index (κ3) is 3.28. The first-order valence-electron chi connectivity index (χ1n) is 8.20. The zero-order valence-electron chi connectivity index (χ0n) is 14.5. The van der Waals surface area contributed by atoms with Crippen molar-refractivity contribution >= 4 is 45.8 Å². The van der Waals surface area contributed by atoms with Gasteiger partial charge in [-0.25, -0.2) is 4.79 Å². The highest BCUT2D eigenvalue weighted by Gasteiger charge is 2.25. The van der Waals surface area contributed by atoms with Gasteiger partial charge in [0.05, 0.1) is 10.0 Å². The number of carbonyl (C=O) groups is 1. The molecule has 2 heterocycles. The molecule has 1 N–H and O–H groups in total. The maximum atomic E-state index is 12.9. The second-order valence-corrected chi connectivity index (χ2v) is 6.83. The van der Waals surface area contributed by atoms with Crippen molar-refractivity contribution in [2.45, 2.75) is 6.92 Å². The molecule has 0 saturated heterocycles. The molecule has 0 fully saturated rings. The van der Waals surface area contributed by atoms with Crippen molar-refractivity contribution < 1.29 is 13.7 Å². The molecule has 1 amide bonds. The minimum absolute atomic E-state index is 0.231. The van der Waals surface area contributed by atoms with E-state index in [0.29, 0.717) is 38.0 Å². The summed E-state index contributed by atoms with van der Waals surface area (Å²) in [6, 6.07) is 12.9. The molecule has 28 heavy (non-hydrogen) atoms. The predicted octanol–water partition coefficient (Wildman–Crippen LogP) is 5.32. The van der Waals surface area contributed by atoms with Crippen LogP contribution in [0.5, 0.6) is 0 Å². The number of amides is 1. The van der Waals surface area contributed by atoms with E-state index in [1.54, 1.807) is 49.4 Å². The SMILES string of the molecule is Cc1onc(-c2c(Cl)cccc2Cl)c1C(=O)Nc1ccc2oc(=O)ccc2c1. The van der Waals surface area contributed by atoms with E-state index < -0.39 is 11.5 Å². The van der Waals surface area contributed by atoms with Crippen LogP contribution in [-0.4, -0.2) is 11.1 Å². The molecule has 0 aliphatic heterocycles. The van der Waals surface area contributed by atoms with Gasteiger partial charge in [0.1, 0.15) is 22.6 Å². The van der Waals surface area contributed by atoms with Gasteiger partial charge in [0.2, 0.25) is 0 Å². The first kappa shape index (κ1) is 18.3. The lowest BCUT2D eigenvalue weighted by Crippen LogP contribution is -2.13. The summed E-state index contributed by atoms with van der Waals surface area (Å²) < 4.78 is 10.3. The largest absolute Gasteiger partial charge is 0.423 e. The normalized spacial score (nSPS) is 11.0. The van der Waals surface area contributed by atoms with Crippen LogP contribution in [0.3, 0.4) is 0 Å². The molecular formula is C20H12Cl2N2O4. The zero-order chi connectivity index (χ0) is 19.8. The van der Waals surface area contributed by atoms with Crippen molar-refractivity contribution in [1.29, 1.82) is 0 Å². The molecule has 2 aromatic carbocycles. The summed E-state index contributed by atoms with van der Waals surface area (Å²) in [6.07, 6.45) is 0. The van der Waals surface area contributed by atoms with Crippen molar-refractivity contribution in [3.63, 3.8) is 0 Å². The van der Waals surface area contributed by atoms with E-state index in [1.807, 2.05) is 0 Å². The van der Waals surface area contributed by atoms with E-state index in [9.17, 15) is 9.59 Å². The first-order chi connectivity index (χ1) is 13.4. The monoisotopic (exact) mass is 414 g/mol. The number of rotatable bonds is 3. The number of benzene rings is 2. The van der Waals surface area contributed by atoms with E-state index in [4.69, 9.17) is 32.1 Å². The quantitative estimate of drug-likeness (QED) is 0.458. The van der Waals surface area contributed by atoms with Crippen LogP contribution in [-0.2, 0) is 0 Å². The van der Waals surface area contributed by atoms with Gasteiger partial charge in [-0.1, -0.05) is 34.4 Å². The first-order valence-corrected chi connectivity index (χ1v) is 8.95. The number of hydrogen-bond donors (Lipinski definition) is 1. The fourth-order valence-electron chi connectivity index (χ4n) is 2.88. The molecule has 0 saturated carbocycles. The molecule has 4 rings (SSSR count). The van der Waals surface area contributed by atoms with Crippen LogP contribution in [0.4, 0.5) is 5.69 Å². The molecule has 0 unspecified atom stereocenters. The summed E-state index contributed by atoms with van der Waals surface area (Å²) in [5.74, 6) is -0.100. The molecule has 6 nitrogen and oxygen atoms in total. The van der Waals surface area contributed by atoms with Gasteiger partial charge in [0.25, 0.3) is 5.91 Å². The Balaban J connectivity index is 1.72. The molecule has 2 aromatic heterocycles. The van der Waals surface area contributed by atoms with Gasteiger partial charge in [0.15, 0.2) is 0 Å². The van der Waals surface area contributed by atoms with E-state index in [-0.39, 0.29) is 11.3 Å².